The van der Waals surface area contributed by atoms with E-state index in [1.54, 1.807) is 6.20 Å². The molecule has 4 heteroatoms. The number of aromatic nitrogens is 1. The van der Waals surface area contributed by atoms with Gasteiger partial charge in [-0.25, -0.2) is 0 Å². The molecule has 0 spiro atoms. The minimum atomic E-state index is 0.627. The molecule has 2 heterocycles. The molecule has 1 fully saturated rings. The van der Waals surface area contributed by atoms with Crippen LogP contribution in [0, 0.1) is 0 Å². The second-order valence-electron chi connectivity index (χ2n) is 4.42. The lowest BCUT2D eigenvalue weighted by Crippen LogP contribution is -2.30. The van der Waals surface area contributed by atoms with Gasteiger partial charge in [-0.1, -0.05) is 12.1 Å². The zero-order chi connectivity index (χ0) is 11.2. The molecular formula is C12H21N3O. The fraction of sp³-hybridized carbons (Fsp3) is 0.750. The van der Waals surface area contributed by atoms with Gasteiger partial charge < -0.3 is 14.7 Å². The van der Waals surface area contributed by atoms with Gasteiger partial charge in [0.05, 0.1) is 12.7 Å². The molecule has 1 unspecified atom stereocenters. The number of likely N-dealkylation sites (tertiary alicyclic amines) is 1. The van der Waals surface area contributed by atoms with E-state index in [9.17, 15) is 0 Å². The molecule has 1 aliphatic heterocycles. The summed E-state index contributed by atoms with van der Waals surface area (Å²) in [5.74, 6) is 0.927. The fourth-order valence-electron chi connectivity index (χ4n) is 2.25. The molecule has 0 saturated carbocycles. The van der Waals surface area contributed by atoms with Gasteiger partial charge in [0, 0.05) is 12.1 Å². The van der Waals surface area contributed by atoms with Crippen molar-refractivity contribution < 1.29 is 4.52 Å². The summed E-state index contributed by atoms with van der Waals surface area (Å²) in [6.45, 7) is 6.68. The lowest BCUT2D eigenvalue weighted by molar-refractivity contribution is 0.295. The topological polar surface area (TPSA) is 41.3 Å². The summed E-state index contributed by atoms with van der Waals surface area (Å²) in [7, 11) is 0. The summed E-state index contributed by atoms with van der Waals surface area (Å²) in [5.41, 5.74) is 0. The van der Waals surface area contributed by atoms with Crippen LogP contribution < -0.4 is 5.32 Å². The summed E-state index contributed by atoms with van der Waals surface area (Å²) in [4.78, 5) is 2.52. The van der Waals surface area contributed by atoms with Crippen LogP contribution in [0.4, 0.5) is 0 Å². The average Bonchev–Trinajstić information content (AvgIpc) is 2.72. The summed E-state index contributed by atoms with van der Waals surface area (Å²) in [6, 6.07) is 2.55. The maximum Gasteiger partial charge on any atom is 0.150 e. The van der Waals surface area contributed by atoms with Gasteiger partial charge in [0.15, 0.2) is 0 Å². The third-order valence-electron chi connectivity index (χ3n) is 3.32. The third-order valence-corrected chi connectivity index (χ3v) is 3.32. The van der Waals surface area contributed by atoms with Crippen molar-refractivity contribution in [3.63, 3.8) is 0 Å². The predicted octanol–water partition coefficient (Wildman–Crippen LogP) is 1.64. The van der Waals surface area contributed by atoms with Crippen molar-refractivity contribution in [1.82, 2.24) is 15.4 Å². The Labute approximate surface area is 97.0 Å². The summed E-state index contributed by atoms with van der Waals surface area (Å²) in [6.07, 6.45) is 5.50. The van der Waals surface area contributed by atoms with Gasteiger partial charge in [-0.15, -0.1) is 0 Å². The molecule has 1 atom stereocenters. The molecule has 1 N–H and O–H groups in total. The number of nitrogens with zero attached hydrogens (tertiary/aromatic N) is 2. The van der Waals surface area contributed by atoms with Crippen LogP contribution in [0.3, 0.4) is 0 Å². The Balaban J connectivity index is 1.73. The molecule has 1 aromatic rings. The van der Waals surface area contributed by atoms with Gasteiger partial charge in [-0.2, -0.15) is 0 Å². The first-order chi connectivity index (χ1) is 7.88. The summed E-state index contributed by atoms with van der Waals surface area (Å²) in [5, 5.41) is 7.25. The second-order valence-corrected chi connectivity index (χ2v) is 4.42. The Morgan fingerprint density at radius 3 is 3.19 bits per heavy atom. The highest BCUT2D eigenvalue weighted by Crippen LogP contribution is 2.11. The van der Waals surface area contributed by atoms with E-state index in [0.717, 1.165) is 12.3 Å². The molecule has 0 amide bonds. The molecule has 0 aliphatic carbocycles. The van der Waals surface area contributed by atoms with Crippen molar-refractivity contribution in [3.05, 3.63) is 18.0 Å². The molecular weight excluding hydrogens is 202 g/mol. The molecule has 16 heavy (non-hydrogen) atoms. The zero-order valence-electron chi connectivity index (χ0n) is 9.98. The summed E-state index contributed by atoms with van der Waals surface area (Å²) < 4.78 is 5.08. The van der Waals surface area contributed by atoms with Gasteiger partial charge in [0.1, 0.15) is 5.76 Å². The van der Waals surface area contributed by atoms with Crippen LogP contribution in [0.1, 0.15) is 31.9 Å². The van der Waals surface area contributed by atoms with Crippen molar-refractivity contribution in [3.8, 4) is 0 Å². The first kappa shape index (κ1) is 11.6. The smallest absolute Gasteiger partial charge is 0.150 e. The molecule has 0 bridgehead atoms. The van der Waals surface area contributed by atoms with Crippen LogP contribution in [-0.2, 0) is 6.54 Å². The summed E-state index contributed by atoms with van der Waals surface area (Å²) >= 11 is 0. The van der Waals surface area contributed by atoms with Crippen LogP contribution in [0.25, 0.3) is 0 Å². The van der Waals surface area contributed by atoms with Gasteiger partial charge >= 0.3 is 0 Å². The largest absolute Gasteiger partial charge is 0.360 e. The minimum absolute atomic E-state index is 0.627. The van der Waals surface area contributed by atoms with Crippen molar-refractivity contribution in [2.45, 2.75) is 38.8 Å². The normalized spacial score (nSPS) is 23.2. The van der Waals surface area contributed by atoms with Gasteiger partial charge in [0.25, 0.3) is 0 Å². The highest BCUT2D eigenvalue weighted by atomic mass is 16.5. The van der Waals surface area contributed by atoms with E-state index >= 15 is 0 Å². The van der Waals surface area contributed by atoms with Gasteiger partial charge in [-0.05, 0) is 38.9 Å². The standard InChI is InChI=1S/C12H21N3O/c1-2-15-8-3-4-11(6-9-15)13-10-12-5-7-14-16-12/h5,7,11,13H,2-4,6,8-10H2,1H3. The Hall–Kier alpha value is -0.870. The lowest BCUT2D eigenvalue weighted by Gasteiger charge is -2.17. The van der Waals surface area contributed by atoms with Gasteiger partial charge in [0.2, 0.25) is 0 Å². The van der Waals surface area contributed by atoms with Gasteiger partial charge in [-0.3, -0.25) is 0 Å². The zero-order valence-corrected chi connectivity index (χ0v) is 9.98. The van der Waals surface area contributed by atoms with Crippen LogP contribution in [-0.4, -0.2) is 35.7 Å². The predicted molar refractivity (Wildman–Crippen MR) is 63.1 cm³/mol. The molecule has 4 nitrogen and oxygen atoms in total. The SMILES string of the molecule is CCN1CCCC(NCc2ccno2)CC1. The average molecular weight is 223 g/mol. The minimum Gasteiger partial charge on any atom is -0.360 e. The molecule has 1 aliphatic rings. The Kier molecular flexibility index (Phi) is 4.36. The van der Waals surface area contributed by atoms with Crippen LogP contribution in [0.2, 0.25) is 0 Å². The van der Waals surface area contributed by atoms with Crippen molar-refractivity contribution >= 4 is 0 Å². The van der Waals surface area contributed by atoms with Crippen LogP contribution >= 0.6 is 0 Å². The number of hydrogen-bond donors (Lipinski definition) is 1. The van der Waals surface area contributed by atoms with Crippen LogP contribution in [0.15, 0.2) is 16.8 Å². The first-order valence-electron chi connectivity index (χ1n) is 6.23. The monoisotopic (exact) mass is 223 g/mol. The number of hydrogen-bond acceptors (Lipinski definition) is 4. The van der Waals surface area contributed by atoms with E-state index in [0.29, 0.717) is 6.04 Å². The molecule has 90 valence electrons. The van der Waals surface area contributed by atoms with E-state index in [1.807, 2.05) is 6.07 Å². The molecule has 2 rings (SSSR count). The number of nitrogens with one attached hydrogen (secondary N) is 1. The molecule has 1 aromatic heterocycles. The highest BCUT2D eigenvalue weighted by molar-refractivity contribution is 4.92. The maximum atomic E-state index is 5.08. The van der Waals surface area contributed by atoms with Crippen molar-refractivity contribution in [1.29, 1.82) is 0 Å². The Morgan fingerprint density at radius 2 is 2.44 bits per heavy atom. The maximum absolute atomic E-state index is 5.08. The van der Waals surface area contributed by atoms with E-state index in [4.69, 9.17) is 4.52 Å². The van der Waals surface area contributed by atoms with E-state index < -0.39 is 0 Å². The molecule has 1 saturated heterocycles. The van der Waals surface area contributed by atoms with E-state index in [2.05, 4.69) is 22.3 Å². The van der Waals surface area contributed by atoms with E-state index in [-0.39, 0.29) is 0 Å². The lowest BCUT2D eigenvalue weighted by atomic mass is 10.1. The first-order valence-corrected chi connectivity index (χ1v) is 6.23. The fourth-order valence-corrected chi connectivity index (χ4v) is 2.25. The second kappa shape index (κ2) is 6.01. The molecule has 0 aromatic carbocycles. The molecule has 0 radical (unpaired) electrons. The number of rotatable bonds is 4. The Bertz CT molecular complexity index is 286. The highest BCUT2D eigenvalue weighted by Gasteiger charge is 2.15. The Morgan fingerprint density at radius 1 is 1.50 bits per heavy atom. The van der Waals surface area contributed by atoms with E-state index in [1.165, 1.54) is 38.9 Å². The van der Waals surface area contributed by atoms with Crippen LogP contribution in [0.5, 0.6) is 0 Å². The third kappa shape index (κ3) is 3.32. The van der Waals surface area contributed by atoms with Crippen molar-refractivity contribution in [2.75, 3.05) is 19.6 Å². The quantitative estimate of drug-likeness (QED) is 0.842. The van der Waals surface area contributed by atoms with Crippen molar-refractivity contribution in [2.24, 2.45) is 0 Å².